The molecule has 1 aromatic carbocycles. The first kappa shape index (κ1) is 14.0. The van der Waals surface area contributed by atoms with Gasteiger partial charge in [-0.25, -0.2) is 0 Å². The number of likely N-dealkylation sites (N-methyl/N-ethyl adjacent to an activating group) is 1. The molecular weight excluding hydrogens is 234 g/mol. The number of rotatable bonds is 6. The molecule has 0 heterocycles. The third-order valence-corrected chi connectivity index (χ3v) is 2.20. The van der Waals surface area contributed by atoms with E-state index in [4.69, 9.17) is 5.11 Å². The molecule has 1 rings (SSSR count). The molecule has 0 bridgehead atoms. The van der Waals surface area contributed by atoms with Gasteiger partial charge in [0.1, 0.15) is 5.75 Å². The standard InChI is InChI=1S/C12H17N3O3/c1-13-8-11(17)14-6-7-15-12(18)9-2-4-10(16)5-3-9/h2-5,13,16H,6-8H2,1H3,(H,14,17)(H,15,18). The summed E-state index contributed by atoms with van der Waals surface area (Å²) in [4.78, 5) is 22.7. The van der Waals surface area contributed by atoms with Crippen molar-refractivity contribution >= 4 is 11.8 Å². The van der Waals surface area contributed by atoms with Gasteiger partial charge in [-0.05, 0) is 31.3 Å². The van der Waals surface area contributed by atoms with Crippen molar-refractivity contribution in [1.29, 1.82) is 0 Å². The Kier molecular flexibility index (Phi) is 5.66. The number of carbonyl (C=O) groups is 2. The molecule has 0 aliphatic carbocycles. The first-order valence-electron chi connectivity index (χ1n) is 5.62. The molecule has 0 spiro atoms. The summed E-state index contributed by atoms with van der Waals surface area (Å²) in [7, 11) is 1.69. The molecule has 98 valence electrons. The van der Waals surface area contributed by atoms with Gasteiger partial charge in [0.2, 0.25) is 5.91 Å². The summed E-state index contributed by atoms with van der Waals surface area (Å²) >= 11 is 0. The van der Waals surface area contributed by atoms with Crippen LogP contribution >= 0.6 is 0 Å². The molecular formula is C12H17N3O3. The maximum Gasteiger partial charge on any atom is 0.251 e. The van der Waals surface area contributed by atoms with Gasteiger partial charge in [0.05, 0.1) is 6.54 Å². The van der Waals surface area contributed by atoms with E-state index in [0.717, 1.165) is 0 Å². The number of phenolic OH excluding ortho intramolecular Hbond substituents is 1. The number of amides is 2. The summed E-state index contributed by atoms with van der Waals surface area (Å²) in [6.45, 7) is 0.991. The second-order valence-electron chi connectivity index (χ2n) is 3.68. The van der Waals surface area contributed by atoms with Crippen molar-refractivity contribution in [2.24, 2.45) is 0 Å². The van der Waals surface area contributed by atoms with Gasteiger partial charge < -0.3 is 21.1 Å². The van der Waals surface area contributed by atoms with Crippen LogP contribution in [0.15, 0.2) is 24.3 Å². The number of hydrogen-bond donors (Lipinski definition) is 4. The number of benzene rings is 1. The van der Waals surface area contributed by atoms with Gasteiger partial charge in [0.15, 0.2) is 0 Å². The highest BCUT2D eigenvalue weighted by molar-refractivity contribution is 5.94. The highest BCUT2D eigenvalue weighted by atomic mass is 16.3. The van der Waals surface area contributed by atoms with E-state index < -0.39 is 0 Å². The monoisotopic (exact) mass is 251 g/mol. The lowest BCUT2D eigenvalue weighted by molar-refractivity contribution is -0.120. The Bertz CT molecular complexity index is 404. The average Bonchev–Trinajstić information content (AvgIpc) is 2.35. The van der Waals surface area contributed by atoms with Crippen LogP contribution in [0.25, 0.3) is 0 Å². The summed E-state index contributed by atoms with van der Waals surface area (Å²) in [6, 6.07) is 5.96. The molecule has 0 fully saturated rings. The van der Waals surface area contributed by atoms with Crippen molar-refractivity contribution in [3.05, 3.63) is 29.8 Å². The molecule has 0 radical (unpaired) electrons. The lowest BCUT2D eigenvalue weighted by Crippen LogP contribution is -2.38. The van der Waals surface area contributed by atoms with Crippen LogP contribution in [0.4, 0.5) is 0 Å². The van der Waals surface area contributed by atoms with Gasteiger partial charge in [-0.15, -0.1) is 0 Å². The lowest BCUT2D eigenvalue weighted by atomic mass is 10.2. The number of aromatic hydroxyl groups is 1. The number of nitrogens with one attached hydrogen (secondary N) is 3. The number of carbonyl (C=O) groups excluding carboxylic acids is 2. The molecule has 18 heavy (non-hydrogen) atoms. The predicted molar refractivity (Wildman–Crippen MR) is 67.4 cm³/mol. The van der Waals surface area contributed by atoms with Gasteiger partial charge >= 0.3 is 0 Å². The maximum atomic E-state index is 11.6. The van der Waals surface area contributed by atoms with Crippen molar-refractivity contribution < 1.29 is 14.7 Å². The molecule has 0 aromatic heterocycles. The Morgan fingerprint density at radius 1 is 1.11 bits per heavy atom. The minimum atomic E-state index is -0.238. The Labute approximate surface area is 105 Å². The minimum Gasteiger partial charge on any atom is -0.508 e. The number of phenols is 1. The van der Waals surface area contributed by atoms with E-state index in [-0.39, 0.29) is 24.1 Å². The average molecular weight is 251 g/mol. The molecule has 0 saturated carbocycles. The van der Waals surface area contributed by atoms with E-state index in [2.05, 4.69) is 16.0 Å². The smallest absolute Gasteiger partial charge is 0.251 e. The highest BCUT2D eigenvalue weighted by Crippen LogP contribution is 2.08. The summed E-state index contributed by atoms with van der Waals surface area (Å²) in [5.41, 5.74) is 0.467. The van der Waals surface area contributed by atoms with Crippen LogP contribution in [0.5, 0.6) is 5.75 Å². The van der Waals surface area contributed by atoms with Crippen LogP contribution in [-0.4, -0.2) is 43.6 Å². The fourth-order valence-corrected chi connectivity index (χ4v) is 1.32. The zero-order chi connectivity index (χ0) is 13.4. The Balaban J connectivity index is 2.25. The Morgan fingerprint density at radius 2 is 1.72 bits per heavy atom. The summed E-state index contributed by atoms with van der Waals surface area (Å²) in [6.07, 6.45) is 0. The van der Waals surface area contributed by atoms with E-state index in [1.165, 1.54) is 24.3 Å². The molecule has 0 aliphatic heterocycles. The van der Waals surface area contributed by atoms with E-state index in [1.807, 2.05) is 0 Å². The van der Waals surface area contributed by atoms with Crippen molar-refractivity contribution in [2.45, 2.75) is 0 Å². The minimum absolute atomic E-state index is 0.114. The third-order valence-electron chi connectivity index (χ3n) is 2.20. The number of hydrogen-bond acceptors (Lipinski definition) is 4. The van der Waals surface area contributed by atoms with Crippen LogP contribution in [0.3, 0.4) is 0 Å². The summed E-state index contributed by atoms with van der Waals surface area (Å²) < 4.78 is 0. The maximum absolute atomic E-state index is 11.6. The van der Waals surface area contributed by atoms with Crippen molar-refractivity contribution in [1.82, 2.24) is 16.0 Å². The predicted octanol–water partition coefficient (Wildman–Crippen LogP) is -0.542. The van der Waals surface area contributed by atoms with Crippen molar-refractivity contribution in [2.75, 3.05) is 26.7 Å². The summed E-state index contributed by atoms with van der Waals surface area (Å²) in [5, 5.41) is 17.1. The Hall–Kier alpha value is -2.08. The van der Waals surface area contributed by atoms with Crippen molar-refractivity contribution in [3.8, 4) is 5.75 Å². The molecule has 0 unspecified atom stereocenters. The molecule has 6 nitrogen and oxygen atoms in total. The largest absolute Gasteiger partial charge is 0.508 e. The normalized spacial score (nSPS) is 9.83. The van der Waals surface area contributed by atoms with E-state index in [0.29, 0.717) is 18.7 Å². The molecule has 0 aliphatic rings. The molecule has 0 saturated heterocycles. The van der Waals surface area contributed by atoms with Gasteiger partial charge in [0, 0.05) is 18.7 Å². The van der Waals surface area contributed by atoms with E-state index in [1.54, 1.807) is 7.05 Å². The topological polar surface area (TPSA) is 90.5 Å². The first-order valence-corrected chi connectivity index (χ1v) is 5.62. The zero-order valence-electron chi connectivity index (χ0n) is 10.2. The molecule has 6 heteroatoms. The fourth-order valence-electron chi connectivity index (χ4n) is 1.32. The van der Waals surface area contributed by atoms with Gasteiger partial charge in [-0.2, -0.15) is 0 Å². The quantitative estimate of drug-likeness (QED) is 0.511. The second-order valence-corrected chi connectivity index (χ2v) is 3.68. The Morgan fingerprint density at radius 3 is 2.33 bits per heavy atom. The van der Waals surface area contributed by atoms with Crippen LogP contribution in [0, 0.1) is 0 Å². The van der Waals surface area contributed by atoms with Crippen molar-refractivity contribution in [3.63, 3.8) is 0 Å². The highest BCUT2D eigenvalue weighted by Gasteiger charge is 2.04. The van der Waals surface area contributed by atoms with Gasteiger partial charge in [-0.1, -0.05) is 0 Å². The zero-order valence-corrected chi connectivity index (χ0v) is 10.2. The van der Waals surface area contributed by atoms with E-state index in [9.17, 15) is 9.59 Å². The third kappa shape index (κ3) is 4.84. The molecule has 2 amide bonds. The summed E-state index contributed by atoms with van der Waals surface area (Å²) in [5.74, 6) is -0.236. The lowest BCUT2D eigenvalue weighted by Gasteiger charge is -2.07. The van der Waals surface area contributed by atoms with Crippen LogP contribution < -0.4 is 16.0 Å². The molecule has 4 N–H and O–H groups in total. The van der Waals surface area contributed by atoms with Crippen LogP contribution in [0.2, 0.25) is 0 Å². The van der Waals surface area contributed by atoms with Gasteiger partial charge in [-0.3, -0.25) is 9.59 Å². The molecule has 0 atom stereocenters. The van der Waals surface area contributed by atoms with Gasteiger partial charge in [0.25, 0.3) is 5.91 Å². The van der Waals surface area contributed by atoms with Crippen LogP contribution in [-0.2, 0) is 4.79 Å². The fraction of sp³-hybridized carbons (Fsp3) is 0.333. The SMILES string of the molecule is CNCC(=O)NCCNC(=O)c1ccc(O)cc1. The first-order chi connectivity index (χ1) is 8.63. The second kappa shape index (κ2) is 7.29. The molecule has 1 aromatic rings. The van der Waals surface area contributed by atoms with E-state index >= 15 is 0 Å². The van der Waals surface area contributed by atoms with Crippen LogP contribution in [0.1, 0.15) is 10.4 Å².